The van der Waals surface area contributed by atoms with Crippen molar-refractivity contribution in [1.29, 1.82) is 0 Å². The first-order chi connectivity index (χ1) is 9.32. The molecule has 2 rings (SSSR count). The Morgan fingerprint density at radius 2 is 2.10 bits per heavy atom. The van der Waals surface area contributed by atoms with Crippen LogP contribution in [0.3, 0.4) is 0 Å². The number of aryl methyl sites for hydroxylation is 1. The molecule has 1 heterocycles. The van der Waals surface area contributed by atoms with Gasteiger partial charge in [-0.2, -0.15) is 18.3 Å². The third kappa shape index (κ3) is 2.66. The summed E-state index contributed by atoms with van der Waals surface area (Å²) in [5, 5.41) is 13.1. The van der Waals surface area contributed by atoms with Gasteiger partial charge in [-0.25, -0.2) is 4.79 Å². The SMILES string of the molecule is CCn1cc(C(=O)O)c(-c2cccc(C(F)(F)F)c2)n1. The zero-order valence-electron chi connectivity index (χ0n) is 10.5. The van der Waals surface area contributed by atoms with Crippen molar-refractivity contribution in [3.05, 3.63) is 41.6 Å². The lowest BCUT2D eigenvalue weighted by Gasteiger charge is -2.07. The molecular weight excluding hydrogens is 273 g/mol. The molecule has 1 N–H and O–H groups in total. The van der Waals surface area contributed by atoms with Crippen LogP contribution in [0.25, 0.3) is 11.3 Å². The third-order valence-electron chi connectivity index (χ3n) is 2.78. The predicted octanol–water partition coefficient (Wildman–Crippen LogP) is 3.29. The van der Waals surface area contributed by atoms with Crippen LogP contribution in [0.2, 0.25) is 0 Å². The summed E-state index contributed by atoms with van der Waals surface area (Å²) in [6, 6.07) is 4.47. The van der Waals surface area contributed by atoms with Crippen LogP contribution in [0, 0.1) is 0 Å². The first-order valence-electron chi connectivity index (χ1n) is 5.81. The van der Waals surface area contributed by atoms with Crippen LogP contribution >= 0.6 is 0 Å². The second kappa shape index (κ2) is 4.99. The number of alkyl halides is 3. The Labute approximate surface area is 112 Å². The van der Waals surface area contributed by atoms with E-state index >= 15 is 0 Å². The third-order valence-corrected chi connectivity index (χ3v) is 2.78. The summed E-state index contributed by atoms with van der Waals surface area (Å²) in [4.78, 5) is 11.1. The molecule has 1 aromatic heterocycles. The van der Waals surface area contributed by atoms with Gasteiger partial charge in [-0.05, 0) is 19.1 Å². The molecule has 4 nitrogen and oxygen atoms in total. The average Bonchev–Trinajstić information content (AvgIpc) is 2.82. The van der Waals surface area contributed by atoms with Gasteiger partial charge in [0.05, 0.1) is 5.56 Å². The van der Waals surface area contributed by atoms with E-state index < -0.39 is 17.7 Å². The van der Waals surface area contributed by atoms with E-state index in [1.807, 2.05) is 0 Å². The number of hydrogen-bond acceptors (Lipinski definition) is 2. The van der Waals surface area contributed by atoms with E-state index in [0.29, 0.717) is 6.54 Å². The van der Waals surface area contributed by atoms with Crippen LogP contribution in [0.5, 0.6) is 0 Å². The summed E-state index contributed by atoms with van der Waals surface area (Å²) in [5.41, 5.74) is -0.793. The maximum atomic E-state index is 12.7. The highest BCUT2D eigenvalue weighted by atomic mass is 19.4. The van der Waals surface area contributed by atoms with Crippen molar-refractivity contribution in [3.63, 3.8) is 0 Å². The number of nitrogens with zero attached hydrogens (tertiary/aromatic N) is 2. The van der Waals surface area contributed by atoms with Crippen molar-refractivity contribution in [2.24, 2.45) is 0 Å². The molecule has 106 valence electrons. The van der Waals surface area contributed by atoms with Crippen molar-refractivity contribution < 1.29 is 23.1 Å². The highest BCUT2D eigenvalue weighted by Gasteiger charge is 2.31. The number of aromatic carboxylic acids is 1. The highest BCUT2D eigenvalue weighted by Crippen LogP contribution is 2.32. The average molecular weight is 284 g/mol. The van der Waals surface area contributed by atoms with Gasteiger partial charge in [0.15, 0.2) is 0 Å². The number of hydrogen-bond donors (Lipinski definition) is 1. The fourth-order valence-corrected chi connectivity index (χ4v) is 1.80. The van der Waals surface area contributed by atoms with Crippen molar-refractivity contribution in [1.82, 2.24) is 9.78 Å². The molecule has 1 aromatic carbocycles. The van der Waals surface area contributed by atoms with Crippen LogP contribution in [0.4, 0.5) is 13.2 Å². The van der Waals surface area contributed by atoms with Gasteiger partial charge in [0.2, 0.25) is 0 Å². The number of carbonyl (C=O) groups is 1. The minimum atomic E-state index is -4.48. The molecule has 0 aliphatic rings. The molecule has 0 atom stereocenters. The number of benzene rings is 1. The maximum Gasteiger partial charge on any atom is 0.416 e. The number of carboxylic acid groups (broad SMARTS) is 1. The molecule has 7 heteroatoms. The van der Waals surface area contributed by atoms with E-state index in [2.05, 4.69) is 5.10 Å². The summed E-state index contributed by atoms with van der Waals surface area (Å²) >= 11 is 0. The number of rotatable bonds is 3. The van der Waals surface area contributed by atoms with E-state index in [-0.39, 0.29) is 16.8 Å². The summed E-state index contributed by atoms with van der Waals surface area (Å²) < 4.78 is 39.4. The van der Waals surface area contributed by atoms with Crippen molar-refractivity contribution in [2.45, 2.75) is 19.6 Å². The number of aromatic nitrogens is 2. The molecule has 0 fully saturated rings. The first kappa shape index (κ1) is 14.1. The Balaban J connectivity index is 2.56. The van der Waals surface area contributed by atoms with Crippen molar-refractivity contribution in [2.75, 3.05) is 0 Å². The number of halogens is 3. The normalized spacial score (nSPS) is 11.6. The number of carboxylic acids is 1. The van der Waals surface area contributed by atoms with Gasteiger partial charge in [0.25, 0.3) is 0 Å². The smallest absolute Gasteiger partial charge is 0.416 e. The van der Waals surface area contributed by atoms with Gasteiger partial charge < -0.3 is 5.11 Å². The minimum Gasteiger partial charge on any atom is -0.478 e. The summed E-state index contributed by atoms with van der Waals surface area (Å²) in [6.45, 7) is 2.19. The van der Waals surface area contributed by atoms with Crippen LogP contribution < -0.4 is 0 Å². The van der Waals surface area contributed by atoms with E-state index in [1.54, 1.807) is 6.92 Å². The quantitative estimate of drug-likeness (QED) is 0.941. The van der Waals surface area contributed by atoms with E-state index in [1.165, 1.54) is 23.0 Å². The van der Waals surface area contributed by atoms with E-state index in [4.69, 9.17) is 5.11 Å². The van der Waals surface area contributed by atoms with Crippen LogP contribution in [0.15, 0.2) is 30.5 Å². The van der Waals surface area contributed by atoms with Crippen LogP contribution in [-0.2, 0) is 12.7 Å². The molecule has 0 aliphatic heterocycles. The second-order valence-corrected chi connectivity index (χ2v) is 4.13. The Bertz CT molecular complexity index is 647. The van der Waals surface area contributed by atoms with Crippen molar-refractivity contribution in [3.8, 4) is 11.3 Å². The van der Waals surface area contributed by atoms with E-state index in [9.17, 15) is 18.0 Å². The van der Waals surface area contributed by atoms with Gasteiger partial charge in [0.1, 0.15) is 11.3 Å². The van der Waals surface area contributed by atoms with E-state index in [0.717, 1.165) is 12.1 Å². The molecule has 0 bridgehead atoms. The standard InChI is InChI=1S/C13H11F3N2O2/c1-2-18-7-10(12(19)20)11(17-18)8-4-3-5-9(6-8)13(14,15)16/h3-7H,2H2,1H3,(H,19,20). The highest BCUT2D eigenvalue weighted by molar-refractivity contribution is 5.94. The zero-order chi connectivity index (χ0) is 14.9. The summed E-state index contributed by atoms with van der Waals surface area (Å²) in [6.07, 6.45) is -3.18. The molecule has 20 heavy (non-hydrogen) atoms. The van der Waals surface area contributed by atoms with Gasteiger partial charge >= 0.3 is 12.1 Å². The molecule has 0 amide bonds. The Kier molecular flexibility index (Phi) is 3.52. The zero-order valence-corrected chi connectivity index (χ0v) is 10.5. The second-order valence-electron chi connectivity index (χ2n) is 4.13. The molecule has 2 aromatic rings. The first-order valence-corrected chi connectivity index (χ1v) is 5.81. The van der Waals surface area contributed by atoms with Gasteiger partial charge in [0, 0.05) is 18.3 Å². The molecule has 0 aliphatic carbocycles. The fraction of sp³-hybridized carbons (Fsp3) is 0.231. The lowest BCUT2D eigenvalue weighted by molar-refractivity contribution is -0.137. The Morgan fingerprint density at radius 3 is 2.65 bits per heavy atom. The van der Waals surface area contributed by atoms with Gasteiger partial charge in [-0.3, -0.25) is 4.68 Å². The maximum absolute atomic E-state index is 12.7. The van der Waals surface area contributed by atoms with Gasteiger partial charge in [-0.1, -0.05) is 12.1 Å². The lowest BCUT2D eigenvalue weighted by Crippen LogP contribution is -2.05. The fourth-order valence-electron chi connectivity index (χ4n) is 1.80. The monoisotopic (exact) mass is 284 g/mol. The largest absolute Gasteiger partial charge is 0.478 e. The van der Waals surface area contributed by atoms with Crippen molar-refractivity contribution >= 4 is 5.97 Å². The Morgan fingerprint density at radius 1 is 1.40 bits per heavy atom. The minimum absolute atomic E-state index is 0.0328. The lowest BCUT2D eigenvalue weighted by atomic mass is 10.1. The predicted molar refractivity (Wildman–Crippen MR) is 65.3 cm³/mol. The Hall–Kier alpha value is -2.31. The molecule has 0 saturated carbocycles. The summed E-state index contributed by atoms with van der Waals surface area (Å²) in [7, 11) is 0. The van der Waals surface area contributed by atoms with Crippen LogP contribution in [0.1, 0.15) is 22.8 Å². The van der Waals surface area contributed by atoms with Gasteiger partial charge in [-0.15, -0.1) is 0 Å². The molecular formula is C13H11F3N2O2. The topological polar surface area (TPSA) is 55.1 Å². The van der Waals surface area contributed by atoms with Crippen LogP contribution in [-0.4, -0.2) is 20.9 Å². The molecule has 0 spiro atoms. The molecule has 0 unspecified atom stereocenters. The molecule has 0 radical (unpaired) electrons. The summed E-state index contributed by atoms with van der Waals surface area (Å²) in [5.74, 6) is -1.22. The molecule has 0 saturated heterocycles.